The molecule has 0 saturated carbocycles. The summed E-state index contributed by atoms with van der Waals surface area (Å²) in [6.45, 7) is 2.54. The molecule has 1 aromatic heterocycles. The van der Waals surface area contributed by atoms with Crippen LogP contribution in [-0.2, 0) is 4.74 Å². The number of carbonyl (C=O) groups is 1. The van der Waals surface area contributed by atoms with Gasteiger partial charge in [-0.1, -0.05) is 0 Å². The molecule has 0 unspecified atom stereocenters. The van der Waals surface area contributed by atoms with Crippen molar-refractivity contribution < 1.29 is 23.6 Å². The predicted molar refractivity (Wildman–Crippen MR) is 89.0 cm³/mol. The quantitative estimate of drug-likeness (QED) is 0.443. The maximum atomic E-state index is 14.3. The number of ketones is 1. The Hall–Kier alpha value is -2.91. The molecule has 1 fully saturated rings. The average Bonchev–Trinajstić information content (AvgIpc) is 2.63. The lowest BCUT2D eigenvalue weighted by Crippen LogP contribution is -2.39. The van der Waals surface area contributed by atoms with Crippen LogP contribution in [-0.4, -0.2) is 53.4 Å². The van der Waals surface area contributed by atoms with Crippen molar-refractivity contribution in [1.82, 2.24) is 9.88 Å². The molecule has 0 amide bonds. The third-order valence-electron chi connectivity index (χ3n) is 3.86. The van der Waals surface area contributed by atoms with E-state index < -0.39 is 10.7 Å². The van der Waals surface area contributed by atoms with Gasteiger partial charge in [-0.05, 0) is 28.1 Å². The smallest absolute Gasteiger partial charge is 0.363 e. The van der Waals surface area contributed by atoms with Gasteiger partial charge in [0, 0.05) is 25.2 Å². The topological polar surface area (TPSA) is 94.8 Å². The highest BCUT2D eigenvalue weighted by molar-refractivity contribution is 5.98. The number of Topliss-reactive ketones (excluding diaryl/α,β-unsaturated/α-hetero) is 1. The SMILES string of the molecule is O=C(CN1CCOCC1)c1ccc(Oc2ccc([N+](=O)[O-])nc2)cc1F. The molecule has 0 aliphatic carbocycles. The van der Waals surface area contributed by atoms with Gasteiger partial charge in [-0.25, -0.2) is 4.39 Å². The van der Waals surface area contributed by atoms with Crippen molar-refractivity contribution in [2.24, 2.45) is 0 Å². The van der Waals surface area contributed by atoms with Gasteiger partial charge in [-0.2, -0.15) is 0 Å². The third-order valence-corrected chi connectivity index (χ3v) is 3.86. The average molecular weight is 361 g/mol. The summed E-state index contributed by atoms with van der Waals surface area (Å²) in [7, 11) is 0. The van der Waals surface area contributed by atoms with Crippen molar-refractivity contribution in [3.05, 3.63) is 58.0 Å². The van der Waals surface area contributed by atoms with Gasteiger partial charge in [-0.15, -0.1) is 0 Å². The molecular weight excluding hydrogens is 345 g/mol. The molecule has 1 aromatic carbocycles. The molecule has 1 aliphatic rings. The van der Waals surface area contributed by atoms with Crippen LogP contribution in [0, 0.1) is 15.9 Å². The molecule has 1 saturated heterocycles. The molecule has 0 bridgehead atoms. The number of nitro groups is 1. The molecule has 2 aromatic rings. The molecule has 9 heteroatoms. The summed E-state index contributed by atoms with van der Waals surface area (Å²) >= 11 is 0. The first kappa shape index (κ1) is 17.9. The largest absolute Gasteiger partial charge is 0.453 e. The highest BCUT2D eigenvalue weighted by Crippen LogP contribution is 2.24. The fourth-order valence-corrected chi connectivity index (χ4v) is 2.51. The van der Waals surface area contributed by atoms with E-state index in [0.29, 0.717) is 26.3 Å². The molecule has 8 nitrogen and oxygen atoms in total. The molecule has 1 aliphatic heterocycles. The van der Waals surface area contributed by atoms with Crippen LogP contribution in [0.15, 0.2) is 36.5 Å². The molecule has 136 valence electrons. The Morgan fingerprint density at radius 1 is 1.27 bits per heavy atom. The number of carbonyl (C=O) groups excluding carboxylic acids is 1. The fourth-order valence-electron chi connectivity index (χ4n) is 2.51. The second-order valence-electron chi connectivity index (χ2n) is 5.66. The number of halogens is 1. The normalized spacial score (nSPS) is 14.8. The second-order valence-corrected chi connectivity index (χ2v) is 5.66. The van der Waals surface area contributed by atoms with E-state index in [1.807, 2.05) is 4.90 Å². The maximum Gasteiger partial charge on any atom is 0.363 e. The first-order chi connectivity index (χ1) is 12.5. The number of nitrogens with zero attached hydrogens (tertiary/aromatic N) is 3. The van der Waals surface area contributed by atoms with Gasteiger partial charge >= 0.3 is 5.82 Å². The Morgan fingerprint density at radius 2 is 2.00 bits per heavy atom. The van der Waals surface area contributed by atoms with Crippen LogP contribution in [0.5, 0.6) is 11.5 Å². The summed E-state index contributed by atoms with van der Waals surface area (Å²) in [6.07, 6.45) is 1.17. The Labute approximate surface area is 148 Å². The number of hydrogen-bond donors (Lipinski definition) is 0. The number of pyridine rings is 1. The second kappa shape index (κ2) is 7.98. The van der Waals surface area contributed by atoms with E-state index >= 15 is 0 Å². The van der Waals surface area contributed by atoms with Crippen molar-refractivity contribution in [2.75, 3.05) is 32.8 Å². The predicted octanol–water partition coefficient (Wildman–Crippen LogP) is 2.44. The van der Waals surface area contributed by atoms with E-state index in [1.54, 1.807) is 0 Å². The number of morpholine rings is 1. The summed E-state index contributed by atoms with van der Waals surface area (Å²) in [6, 6.07) is 6.49. The van der Waals surface area contributed by atoms with Gasteiger partial charge in [-0.3, -0.25) is 9.69 Å². The molecule has 0 atom stereocenters. The Bertz CT molecular complexity index is 807. The zero-order chi connectivity index (χ0) is 18.5. The van der Waals surface area contributed by atoms with Gasteiger partial charge in [0.2, 0.25) is 0 Å². The standard InChI is InChI=1S/C17H16FN3O5/c18-15-9-12(26-13-2-4-17(19-10-13)21(23)24)1-3-14(15)16(22)11-20-5-7-25-8-6-20/h1-4,9-10H,5-8,11H2. The van der Waals surface area contributed by atoms with Crippen LogP contribution in [0.25, 0.3) is 0 Å². The third kappa shape index (κ3) is 4.38. The monoisotopic (exact) mass is 361 g/mol. The summed E-state index contributed by atoms with van der Waals surface area (Å²) in [5, 5.41) is 10.6. The zero-order valence-electron chi connectivity index (χ0n) is 13.8. The van der Waals surface area contributed by atoms with Crippen molar-refractivity contribution >= 4 is 11.6 Å². The van der Waals surface area contributed by atoms with Crippen LogP contribution in [0.2, 0.25) is 0 Å². The van der Waals surface area contributed by atoms with Gasteiger partial charge in [0.25, 0.3) is 0 Å². The van der Waals surface area contributed by atoms with Crippen molar-refractivity contribution in [1.29, 1.82) is 0 Å². The van der Waals surface area contributed by atoms with Crippen molar-refractivity contribution in [3.8, 4) is 11.5 Å². The summed E-state index contributed by atoms with van der Waals surface area (Å²) in [5.74, 6) is -0.917. The van der Waals surface area contributed by atoms with Crippen molar-refractivity contribution in [3.63, 3.8) is 0 Å². The lowest BCUT2D eigenvalue weighted by molar-refractivity contribution is -0.389. The van der Waals surface area contributed by atoms with E-state index in [1.165, 1.54) is 30.5 Å². The Kier molecular flexibility index (Phi) is 5.49. The zero-order valence-corrected chi connectivity index (χ0v) is 13.8. The molecule has 0 N–H and O–H groups in total. The minimum atomic E-state index is -0.685. The van der Waals surface area contributed by atoms with E-state index in [9.17, 15) is 19.3 Å². The first-order valence-electron chi connectivity index (χ1n) is 7.94. The lowest BCUT2D eigenvalue weighted by atomic mass is 10.1. The molecule has 0 radical (unpaired) electrons. The molecule has 3 rings (SSSR count). The lowest BCUT2D eigenvalue weighted by Gasteiger charge is -2.25. The summed E-state index contributed by atoms with van der Waals surface area (Å²) in [5.41, 5.74) is -0.00864. The summed E-state index contributed by atoms with van der Waals surface area (Å²) in [4.78, 5) is 27.7. The van der Waals surface area contributed by atoms with Gasteiger partial charge in [0.1, 0.15) is 11.6 Å². The number of hydrogen-bond acceptors (Lipinski definition) is 7. The number of aromatic nitrogens is 1. The van der Waals surface area contributed by atoms with E-state index in [0.717, 1.165) is 6.07 Å². The Morgan fingerprint density at radius 3 is 2.62 bits per heavy atom. The van der Waals surface area contributed by atoms with Crippen LogP contribution in [0.1, 0.15) is 10.4 Å². The Balaban J connectivity index is 1.66. The summed E-state index contributed by atoms with van der Waals surface area (Å²) < 4.78 is 24.9. The number of rotatable bonds is 6. The van der Waals surface area contributed by atoms with Crippen LogP contribution >= 0.6 is 0 Å². The maximum absolute atomic E-state index is 14.3. The van der Waals surface area contributed by atoms with Gasteiger partial charge < -0.3 is 19.6 Å². The van der Waals surface area contributed by atoms with Gasteiger partial charge in [0.05, 0.1) is 25.3 Å². The van der Waals surface area contributed by atoms with E-state index in [4.69, 9.17) is 9.47 Å². The van der Waals surface area contributed by atoms with Crippen LogP contribution in [0.3, 0.4) is 0 Å². The fraction of sp³-hybridized carbons (Fsp3) is 0.294. The van der Waals surface area contributed by atoms with E-state index in [2.05, 4.69) is 4.98 Å². The number of benzene rings is 1. The molecular formula is C17H16FN3O5. The highest BCUT2D eigenvalue weighted by Gasteiger charge is 2.18. The van der Waals surface area contributed by atoms with Crippen LogP contribution in [0.4, 0.5) is 10.2 Å². The first-order valence-corrected chi connectivity index (χ1v) is 7.94. The minimum Gasteiger partial charge on any atom is -0.453 e. The molecule has 2 heterocycles. The van der Waals surface area contributed by atoms with Crippen molar-refractivity contribution in [2.45, 2.75) is 0 Å². The van der Waals surface area contributed by atoms with Crippen LogP contribution < -0.4 is 4.74 Å². The highest BCUT2D eigenvalue weighted by atomic mass is 19.1. The number of ether oxygens (including phenoxy) is 2. The minimum absolute atomic E-state index is 0.00864. The molecule has 0 spiro atoms. The van der Waals surface area contributed by atoms with Gasteiger partial charge in [0.15, 0.2) is 17.7 Å². The van der Waals surface area contributed by atoms with E-state index in [-0.39, 0.29) is 35.2 Å². The molecule has 26 heavy (non-hydrogen) atoms.